The average Bonchev–Trinajstić information content (AvgIpc) is 2.94. The Balaban J connectivity index is 2.30. The first-order chi connectivity index (χ1) is 11.0. The number of halogens is 1. The molecular weight excluding hydrogens is 312 g/mol. The van der Waals surface area contributed by atoms with Crippen molar-refractivity contribution in [2.75, 3.05) is 6.54 Å². The number of rotatable bonds is 6. The summed E-state index contributed by atoms with van der Waals surface area (Å²) in [7, 11) is 0. The third-order valence-corrected chi connectivity index (χ3v) is 4.67. The molecule has 1 aromatic heterocycles. The number of hydrogen-bond acceptors (Lipinski definition) is 3. The number of hydrogen-bond donors (Lipinski definition) is 2. The van der Waals surface area contributed by atoms with Gasteiger partial charge < -0.3 is 11.1 Å². The maximum atomic E-state index is 12.6. The summed E-state index contributed by atoms with van der Waals surface area (Å²) in [5.41, 5.74) is 7.62. The predicted octanol–water partition coefficient (Wildman–Crippen LogP) is 3.08. The minimum absolute atomic E-state index is 0.148. The fourth-order valence-corrected chi connectivity index (χ4v) is 2.76. The highest BCUT2D eigenvalue weighted by Crippen LogP contribution is 2.19. The molecule has 0 aliphatic rings. The van der Waals surface area contributed by atoms with Gasteiger partial charge >= 0.3 is 0 Å². The van der Waals surface area contributed by atoms with Gasteiger partial charge in [0.25, 0.3) is 5.91 Å². The van der Waals surface area contributed by atoms with Crippen molar-refractivity contribution in [3.63, 3.8) is 0 Å². The second kappa shape index (κ2) is 7.15. The van der Waals surface area contributed by atoms with Gasteiger partial charge in [-0.05, 0) is 38.0 Å². The van der Waals surface area contributed by atoms with Gasteiger partial charge in [0.2, 0.25) is 0 Å². The summed E-state index contributed by atoms with van der Waals surface area (Å²) in [5, 5.41) is 8.02. The van der Waals surface area contributed by atoms with Crippen molar-refractivity contribution < 1.29 is 4.79 Å². The third-order valence-electron chi connectivity index (χ3n) is 4.43. The van der Waals surface area contributed by atoms with Crippen LogP contribution in [0.3, 0.4) is 0 Å². The molecule has 124 valence electrons. The van der Waals surface area contributed by atoms with Crippen molar-refractivity contribution in [1.82, 2.24) is 15.1 Å². The first-order valence-electron chi connectivity index (χ1n) is 7.79. The Morgan fingerprint density at radius 1 is 1.39 bits per heavy atom. The average molecular weight is 335 g/mol. The van der Waals surface area contributed by atoms with E-state index in [1.807, 2.05) is 39.0 Å². The number of amides is 1. The van der Waals surface area contributed by atoms with Crippen molar-refractivity contribution in [3.8, 4) is 5.69 Å². The summed E-state index contributed by atoms with van der Waals surface area (Å²) >= 11 is 6.03. The van der Waals surface area contributed by atoms with Crippen molar-refractivity contribution in [3.05, 3.63) is 46.7 Å². The van der Waals surface area contributed by atoms with Gasteiger partial charge in [-0.15, -0.1) is 0 Å². The SMILES string of the molecule is CCC(CC)(CN)NC(=O)c1cnn(-c2cccc(Cl)c2)c1C. The van der Waals surface area contributed by atoms with Gasteiger partial charge in [-0.3, -0.25) is 4.79 Å². The number of benzene rings is 1. The summed E-state index contributed by atoms with van der Waals surface area (Å²) < 4.78 is 1.71. The first-order valence-corrected chi connectivity index (χ1v) is 8.17. The Labute approximate surface area is 141 Å². The van der Waals surface area contributed by atoms with Gasteiger partial charge in [0.15, 0.2) is 0 Å². The Hall–Kier alpha value is -1.85. The Morgan fingerprint density at radius 2 is 2.09 bits per heavy atom. The van der Waals surface area contributed by atoms with E-state index in [1.165, 1.54) is 0 Å². The van der Waals surface area contributed by atoms with Crippen LogP contribution in [0.2, 0.25) is 5.02 Å². The molecule has 0 atom stereocenters. The van der Waals surface area contributed by atoms with Crippen LogP contribution in [0.15, 0.2) is 30.5 Å². The molecule has 0 radical (unpaired) electrons. The predicted molar refractivity (Wildman–Crippen MR) is 93.1 cm³/mol. The molecule has 5 nitrogen and oxygen atoms in total. The molecule has 1 aromatic carbocycles. The molecule has 1 heterocycles. The van der Waals surface area contributed by atoms with Crippen molar-refractivity contribution in [2.24, 2.45) is 5.73 Å². The monoisotopic (exact) mass is 334 g/mol. The van der Waals surface area contributed by atoms with Crippen LogP contribution < -0.4 is 11.1 Å². The van der Waals surface area contributed by atoms with Crippen LogP contribution in [0.1, 0.15) is 42.7 Å². The van der Waals surface area contributed by atoms with E-state index in [0.717, 1.165) is 24.2 Å². The number of nitrogens with two attached hydrogens (primary N) is 1. The van der Waals surface area contributed by atoms with Gasteiger partial charge in [-0.1, -0.05) is 31.5 Å². The van der Waals surface area contributed by atoms with Crippen LogP contribution in [-0.2, 0) is 0 Å². The maximum Gasteiger partial charge on any atom is 0.255 e. The van der Waals surface area contributed by atoms with E-state index in [2.05, 4.69) is 10.4 Å². The van der Waals surface area contributed by atoms with Crippen LogP contribution >= 0.6 is 11.6 Å². The zero-order valence-corrected chi connectivity index (χ0v) is 14.5. The second-order valence-electron chi connectivity index (χ2n) is 5.68. The number of aromatic nitrogens is 2. The van der Waals surface area contributed by atoms with Crippen LogP contribution in [0.5, 0.6) is 0 Å². The molecule has 0 spiro atoms. The van der Waals surface area contributed by atoms with E-state index >= 15 is 0 Å². The summed E-state index contributed by atoms with van der Waals surface area (Å²) in [6.45, 7) is 6.33. The largest absolute Gasteiger partial charge is 0.345 e. The van der Waals surface area contributed by atoms with Gasteiger partial charge in [-0.25, -0.2) is 4.68 Å². The summed E-state index contributed by atoms with van der Waals surface area (Å²) in [4.78, 5) is 12.6. The van der Waals surface area contributed by atoms with E-state index in [1.54, 1.807) is 16.9 Å². The number of nitrogens with zero attached hydrogens (tertiary/aromatic N) is 2. The quantitative estimate of drug-likeness (QED) is 0.852. The van der Waals surface area contributed by atoms with Gasteiger partial charge in [0, 0.05) is 11.6 Å². The number of nitrogens with one attached hydrogen (secondary N) is 1. The molecule has 3 N–H and O–H groups in total. The number of carbonyl (C=O) groups excluding carboxylic acids is 1. The minimum Gasteiger partial charge on any atom is -0.345 e. The van der Waals surface area contributed by atoms with E-state index in [0.29, 0.717) is 17.1 Å². The molecule has 0 saturated heterocycles. The Bertz CT molecular complexity index is 683. The first kappa shape index (κ1) is 17.5. The molecule has 0 bridgehead atoms. The molecule has 0 aliphatic carbocycles. The maximum absolute atomic E-state index is 12.6. The van der Waals surface area contributed by atoms with Crippen molar-refractivity contribution in [2.45, 2.75) is 39.2 Å². The summed E-state index contributed by atoms with van der Waals surface area (Å²) in [6.07, 6.45) is 3.15. The summed E-state index contributed by atoms with van der Waals surface area (Å²) in [6, 6.07) is 7.36. The van der Waals surface area contributed by atoms with E-state index in [4.69, 9.17) is 17.3 Å². The highest BCUT2D eigenvalue weighted by Gasteiger charge is 2.28. The molecule has 0 saturated carbocycles. The molecule has 2 aromatic rings. The molecule has 0 aliphatic heterocycles. The molecule has 0 fully saturated rings. The lowest BCUT2D eigenvalue weighted by Gasteiger charge is -2.31. The van der Waals surface area contributed by atoms with Crippen LogP contribution in [0.25, 0.3) is 5.69 Å². The smallest absolute Gasteiger partial charge is 0.255 e. The highest BCUT2D eigenvalue weighted by atomic mass is 35.5. The van der Waals surface area contributed by atoms with E-state index < -0.39 is 0 Å². The minimum atomic E-state index is -0.373. The lowest BCUT2D eigenvalue weighted by molar-refractivity contribution is 0.0894. The van der Waals surface area contributed by atoms with Crippen LogP contribution in [0, 0.1) is 6.92 Å². The summed E-state index contributed by atoms with van der Waals surface area (Å²) in [5.74, 6) is -0.148. The number of carbonyl (C=O) groups is 1. The Morgan fingerprint density at radius 3 is 2.65 bits per heavy atom. The van der Waals surface area contributed by atoms with E-state index in [9.17, 15) is 4.79 Å². The Kier molecular flexibility index (Phi) is 5.44. The van der Waals surface area contributed by atoms with Gasteiger partial charge in [0.1, 0.15) is 0 Å². The molecule has 23 heavy (non-hydrogen) atoms. The molecular formula is C17H23ClN4O. The lowest BCUT2D eigenvalue weighted by atomic mass is 9.92. The van der Waals surface area contributed by atoms with E-state index in [-0.39, 0.29) is 11.4 Å². The zero-order chi connectivity index (χ0) is 17.0. The third kappa shape index (κ3) is 3.57. The normalized spacial score (nSPS) is 11.5. The molecule has 6 heteroatoms. The topological polar surface area (TPSA) is 72.9 Å². The molecule has 0 unspecified atom stereocenters. The van der Waals surface area contributed by atoms with Crippen molar-refractivity contribution >= 4 is 17.5 Å². The standard InChI is InChI=1S/C17H23ClN4O/c1-4-17(5-2,11-19)21-16(23)15-10-20-22(12(15)3)14-8-6-7-13(18)9-14/h6-10H,4-5,11,19H2,1-3H3,(H,21,23). The molecule has 2 rings (SSSR count). The lowest BCUT2D eigenvalue weighted by Crippen LogP contribution is -2.52. The van der Waals surface area contributed by atoms with Gasteiger partial charge in [0.05, 0.1) is 28.7 Å². The van der Waals surface area contributed by atoms with Gasteiger partial charge in [-0.2, -0.15) is 5.10 Å². The second-order valence-corrected chi connectivity index (χ2v) is 6.12. The van der Waals surface area contributed by atoms with Crippen LogP contribution in [-0.4, -0.2) is 27.8 Å². The fourth-order valence-electron chi connectivity index (χ4n) is 2.58. The molecule has 1 amide bonds. The fraction of sp³-hybridized carbons (Fsp3) is 0.412. The van der Waals surface area contributed by atoms with Crippen molar-refractivity contribution in [1.29, 1.82) is 0 Å². The highest BCUT2D eigenvalue weighted by molar-refractivity contribution is 6.30. The zero-order valence-electron chi connectivity index (χ0n) is 13.8. The van der Waals surface area contributed by atoms with Crippen LogP contribution in [0.4, 0.5) is 0 Å².